The minimum absolute atomic E-state index is 0.0938. The lowest BCUT2D eigenvalue weighted by Crippen LogP contribution is -2.21. The Bertz CT molecular complexity index is 843. The second-order valence-electron chi connectivity index (χ2n) is 5.13. The average molecular weight is 287 g/mol. The molecule has 3 rings (SSSR count). The van der Waals surface area contributed by atoms with Gasteiger partial charge in [-0.25, -0.2) is 4.98 Å². The summed E-state index contributed by atoms with van der Waals surface area (Å²) in [6.45, 7) is 6.15. The number of fused-ring (bicyclic) bond motifs is 1. The van der Waals surface area contributed by atoms with Crippen LogP contribution in [0.3, 0.4) is 0 Å². The van der Waals surface area contributed by atoms with Gasteiger partial charge in [0, 0.05) is 12.1 Å². The van der Waals surface area contributed by atoms with E-state index in [1.54, 1.807) is 0 Å². The fraction of sp³-hybridized carbons (Fsp3) is 0.429. The van der Waals surface area contributed by atoms with Crippen LogP contribution in [0.1, 0.15) is 36.3 Å². The van der Waals surface area contributed by atoms with E-state index < -0.39 is 0 Å². The number of nitrogens with zero attached hydrogens (tertiary/aromatic N) is 4. The third-order valence-corrected chi connectivity index (χ3v) is 3.57. The quantitative estimate of drug-likeness (QED) is 0.789. The molecule has 7 heteroatoms. The van der Waals surface area contributed by atoms with Crippen molar-refractivity contribution in [2.75, 3.05) is 0 Å². The Morgan fingerprint density at radius 2 is 2.19 bits per heavy atom. The van der Waals surface area contributed by atoms with Gasteiger partial charge in [-0.15, -0.1) is 0 Å². The van der Waals surface area contributed by atoms with E-state index in [1.165, 1.54) is 10.9 Å². The number of hydrogen-bond acceptors (Lipinski definition) is 5. The number of aromatic nitrogens is 5. The zero-order chi connectivity index (χ0) is 15.0. The van der Waals surface area contributed by atoms with Crippen molar-refractivity contribution in [3.63, 3.8) is 0 Å². The number of nitrogens with one attached hydrogen (secondary N) is 1. The van der Waals surface area contributed by atoms with Gasteiger partial charge in [-0.05, 0) is 25.8 Å². The van der Waals surface area contributed by atoms with E-state index in [2.05, 4.69) is 20.1 Å². The highest BCUT2D eigenvalue weighted by molar-refractivity contribution is 5.79. The predicted octanol–water partition coefficient (Wildman–Crippen LogP) is 1.73. The Kier molecular flexibility index (Phi) is 3.32. The normalized spacial score (nSPS) is 11.4. The van der Waals surface area contributed by atoms with Crippen molar-refractivity contribution in [2.45, 2.75) is 40.2 Å². The van der Waals surface area contributed by atoms with Crippen LogP contribution >= 0.6 is 0 Å². The van der Waals surface area contributed by atoms with Gasteiger partial charge in [0.1, 0.15) is 12.0 Å². The van der Waals surface area contributed by atoms with Crippen LogP contribution in [0.15, 0.2) is 15.6 Å². The third-order valence-electron chi connectivity index (χ3n) is 3.57. The molecule has 0 fully saturated rings. The number of aromatic amines is 1. The Hall–Kier alpha value is -2.44. The van der Waals surface area contributed by atoms with Crippen molar-refractivity contribution in [1.82, 2.24) is 24.7 Å². The first-order valence-corrected chi connectivity index (χ1v) is 6.96. The lowest BCUT2D eigenvalue weighted by molar-refractivity contribution is 0.371. The number of aryl methyl sites for hydroxylation is 3. The topological polar surface area (TPSA) is 89.6 Å². The van der Waals surface area contributed by atoms with Crippen LogP contribution in [0.5, 0.6) is 0 Å². The molecule has 3 aromatic heterocycles. The number of hydrogen-bond donors (Lipinski definition) is 1. The molecule has 0 atom stereocenters. The van der Waals surface area contributed by atoms with Crippen molar-refractivity contribution in [1.29, 1.82) is 0 Å². The van der Waals surface area contributed by atoms with Crippen LogP contribution in [-0.2, 0) is 13.0 Å². The maximum Gasteiger partial charge on any atom is 0.263 e. The van der Waals surface area contributed by atoms with Crippen molar-refractivity contribution in [3.8, 4) is 0 Å². The van der Waals surface area contributed by atoms with Crippen LogP contribution in [0, 0.1) is 13.8 Å². The highest BCUT2D eigenvalue weighted by Crippen LogP contribution is 2.15. The molecular weight excluding hydrogens is 270 g/mol. The first-order valence-electron chi connectivity index (χ1n) is 6.96. The minimum atomic E-state index is -0.0938. The Labute approximate surface area is 121 Å². The van der Waals surface area contributed by atoms with Crippen LogP contribution < -0.4 is 5.56 Å². The molecule has 110 valence electrons. The molecule has 21 heavy (non-hydrogen) atoms. The maximum atomic E-state index is 12.5. The molecular formula is C14H17N5O2. The molecule has 1 N–H and O–H groups in total. The number of rotatable bonds is 4. The van der Waals surface area contributed by atoms with E-state index in [4.69, 9.17) is 4.52 Å². The second kappa shape index (κ2) is 5.16. The van der Waals surface area contributed by atoms with Gasteiger partial charge in [-0.3, -0.25) is 9.36 Å². The summed E-state index contributed by atoms with van der Waals surface area (Å²) in [5.41, 5.74) is 2.41. The summed E-state index contributed by atoms with van der Waals surface area (Å²) in [5.74, 6) is 1.09. The van der Waals surface area contributed by atoms with E-state index in [-0.39, 0.29) is 12.1 Å². The van der Waals surface area contributed by atoms with Gasteiger partial charge in [0.25, 0.3) is 5.56 Å². The van der Waals surface area contributed by atoms with Crippen molar-refractivity contribution in [2.24, 2.45) is 0 Å². The molecule has 0 radical (unpaired) electrons. The minimum Gasteiger partial charge on any atom is -0.343 e. The van der Waals surface area contributed by atoms with Gasteiger partial charge in [-0.2, -0.15) is 4.98 Å². The summed E-state index contributed by atoms with van der Waals surface area (Å²) in [7, 11) is 0. The maximum absolute atomic E-state index is 12.5. The summed E-state index contributed by atoms with van der Waals surface area (Å²) >= 11 is 0. The van der Waals surface area contributed by atoms with Crippen LogP contribution in [0.4, 0.5) is 0 Å². The number of H-pyrrole nitrogens is 1. The smallest absolute Gasteiger partial charge is 0.263 e. The van der Waals surface area contributed by atoms with E-state index in [1.807, 2.05) is 20.8 Å². The monoisotopic (exact) mass is 287 g/mol. The van der Waals surface area contributed by atoms with Crippen LogP contribution in [-0.4, -0.2) is 24.7 Å². The van der Waals surface area contributed by atoms with Crippen molar-refractivity contribution in [3.05, 3.63) is 39.7 Å². The molecule has 0 aromatic carbocycles. The zero-order valence-electron chi connectivity index (χ0n) is 12.3. The van der Waals surface area contributed by atoms with E-state index >= 15 is 0 Å². The second-order valence-corrected chi connectivity index (χ2v) is 5.13. The molecule has 0 unspecified atom stereocenters. The fourth-order valence-electron chi connectivity index (χ4n) is 2.32. The Balaban J connectivity index is 1.98. The molecule has 7 nitrogen and oxygen atoms in total. The molecule has 0 spiro atoms. The van der Waals surface area contributed by atoms with Crippen LogP contribution in [0.25, 0.3) is 11.0 Å². The van der Waals surface area contributed by atoms with Gasteiger partial charge < -0.3 is 9.51 Å². The standard InChI is InChI=1S/C14H17N5O2/c1-4-5-11-17-10(18-21-11)6-19-7-15-13-12(14(19)20)8(2)9(3)16-13/h7,16H,4-6H2,1-3H3. The van der Waals surface area contributed by atoms with E-state index in [9.17, 15) is 4.79 Å². The van der Waals surface area contributed by atoms with Gasteiger partial charge in [0.05, 0.1) is 11.9 Å². The molecule has 0 aliphatic carbocycles. The van der Waals surface area contributed by atoms with Gasteiger partial charge in [0.2, 0.25) is 5.89 Å². The van der Waals surface area contributed by atoms with Crippen molar-refractivity contribution < 1.29 is 4.52 Å². The van der Waals surface area contributed by atoms with E-state index in [0.717, 1.165) is 24.1 Å². The first kappa shape index (κ1) is 13.5. The van der Waals surface area contributed by atoms with Gasteiger partial charge in [0.15, 0.2) is 5.82 Å². The predicted molar refractivity (Wildman–Crippen MR) is 77.2 cm³/mol. The first-order chi connectivity index (χ1) is 10.1. The largest absolute Gasteiger partial charge is 0.343 e. The molecule has 0 aliphatic rings. The lowest BCUT2D eigenvalue weighted by atomic mass is 10.2. The Morgan fingerprint density at radius 1 is 1.38 bits per heavy atom. The summed E-state index contributed by atoms with van der Waals surface area (Å²) in [6, 6.07) is 0. The van der Waals surface area contributed by atoms with Gasteiger partial charge >= 0.3 is 0 Å². The van der Waals surface area contributed by atoms with Gasteiger partial charge in [-0.1, -0.05) is 12.1 Å². The SMILES string of the molecule is CCCc1nc(Cn2cnc3[nH]c(C)c(C)c3c2=O)no1. The van der Waals surface area contributed by atoms with Crippen LogP contribution in [0.2, 0.25) is 0 Å². The fourth-order valence-corrected chi connectivity index (χ4v) is 2.32. The van der Waals surface area contributed by atoms with E-state index in [0.29, 0.717) is 22.7 Å². The molecule has 0 saturated carbocycles. The summed E-state index contributed by atoms with van der Waals surface area (Å²) in [6.07, 6.45) is 3.20. The Morgan fingerprint density at radius 3 is 2.95 bits per heavy atom. The molecule has 0 bridgehead atoms. The molecule has 3 aromatic rings. The molecule has 3 heterocycles. The highest BCUT2D eigenvalue weighted by Gasteiger charge is 2.13. The summed E-state index contributed by atoms with van der Waals surface area (Å²) in [4.78, 5) is 24.2. The summed E-state index contributed by atoms with van der Waals surface area (Å²) < 4.78 is 6.63. The third kappa shape index (κ3) is 2.35. The zero-order valence-corrected chi connectivity index (χ0v) is 12.3. The average Bonchev–Trinajstić information content (AvgIpc) is 3.00. The lowest BCUT2D eigenvalue weighted by Gasteiger charge is -2.01. The van der Waals surface area contributed by atoms with Crippen molar-refractivity contribution >= 4 is 11.0 Å². The highest BCUT2D eigenvalue weighted by atomic mass is 16.5. The molecule has 0 saturated heterocycles. The molecule has 0 aliphatic heterocycles. The summed E-state index contributed by atoms with van der Waals surface area (Å²) in [5, 5.41) is 4.52. The molecule has 0 amide bonds.